The SMILES string of the molecule is Cc1ccc(CN2CC(O)C(O)C2)cc1. The lowest BCUT2D eigenvalue weighted by molar-refractivity contribution is 0.0572. The topological polar surface area (TPSA) is 43.7 Å². The van der Waals surface area contributed by atoms with Gasteiger partial charge in [0.15, 0.2) is 0 Å². The molecule has 2 atom stereocenters. The van der Waals surface area contributed by atoms with Gasteiger partial charge in [-0.15, -0.1) is 0 Å². The fraction of sp³-hybridized carbons (Fsp3) is 0.500. The Labute approximate surface area is 90.0 Å². The molecule has 2 rings (SSSR count). The zero-order chi connectivity index (χ0) is 10.8. The van der Waals surface area contributed by atoms with Crippen molar-refractivity contribution < 1.29 is 10.2 Å². The van der Waals surface area contributed by atoms with Crippen LogP contribution in [0.3, 0.4) is 0 Å². The lowest BCUT2D eigenvalue weighted by atomic mass is 10.1. The number of hydrogen-bond donors (Lipinski definition) is 2. The summed E-state index contributed by atoms with van der Waals surface area (Å²) in [4.78, 5) is 2.07. The molecule has 1 aliphatic rings. The Morgan fingerprint density at radius 1 is 1.13 bits per heavy atom. The third-order valence-corrected chi connectivity index (χ3v) is 2.86. The summed E-state index contributed by atoms with van der Waals surface area (Å²) in [5.74, 6) is 0. The Hall–Kier alpha value is -0.900. The quantitative estimate of drug-likeness (QED) is 0.743. The smallest absolute Gasteiger partial charge is 0.0938 e. The van der Waals surface area contributed by atoms with Gasteiger partial charge in [-0.3, -0.25) is 4.90 Å². The van der Waals surface area contributed by atoms with Gasteiger partial charge in [-0.25, -0.2) is 0 Å². The Morgan fingerprint density at radius 2 is 1.67 bits per heavy atom. The molecule has 2 unspecified atom stereocenters. The van der Waals surface area contributed by atoms with Gasteiger partial charge in [0.05, 0.1) is 12.2 Å². The second-order valence-corrected chi connectivity index (χ2v) is 4.31. The molecular weight excluding hydrogens is 190 g/mol. The summed E-state index contributed by atoms with van der Waals surface area (Å²) in [6, 6.07) is 8.34. The van der Waals surface area contributed by atoms with Crippen LogP contribution in [0.1, 0.15) is 11.1 Å². The first kappa shape index (κ1) is 10.6. The number of hydrogen-bond acceptors (Lipinski definition) is 3. The summed E-state index contributed by atoms with van der Waals surface area (Å²) in [6.45, 7) is 3.99. The van der Waals surface area contributed by atoms with Crippen LogP contribution in [0.15, 0.2) is 24.3 Å². The molecule has 3 heteroatoms. The van der Waals surface area contributed by atoms with Gasteiger partial charge in [0, 0.05) is 19.6 Å². The molecule has 1 fully saturated rings. The maximum Gasteiger partial charge on any atom is 0.0938 e. The molecule has 1 aromatic carbocycles. The minimum atomic E-state index is -0.588. The van der Waals surface area contributed by atoms with Crippen molar-refractivity contribution in [2.24, 2.45) is 0 Å². The maximum atomic E-state index is 9.40. The Morgan fingerprint density at radius 3 is 2.20 bits per heavy atom. The number of aliphatic hydroxyl groups excluding tert-OH is 2. The van der Waals surface area contributed by atoms with Crippen molar-refractivity contribution in [2.45, 2.75) is 25.7 Å². The largest absolute Gasteiger partial charge is 0.389 e. The van der Waals surface area contributed by atoms with Crippen molar-refractivity contribution in [3.05, 3.63) is 35.4 Å². The Balaban J connectivity index is 1.95. The van der Waals surface area contributed by atoms with E-state index in [1.807, 2.05) is 0 Å². The average molecular weight is 207 g/mol. The molecule has 0 amide bonds. The number of aliphatic hydroxyl groups is 2. The number of likely N-dealkylation sites (tertiary alicyclic amines) is 1. The molecule has 0 bridgehead atoms. The molecular formula is C12H17NO2. The maximum absolute atomic E-state index is 9.40. The highest BCUT2D eigenvalue weighted by Crippen LogP contribution is 2.14. The first-order chi connectivity index (χ1) is 7.15. The molecule has 82 valence electrons. The molecule has 1 aliphatic heterocycles. The summed E-state index contributed by atoms with van der Waals surface area (Å²) in [6.07, 6.45) is -1.18. The highest BCUT2D eigenvalue weighted by Gasteiger charge is 2.29. The van der Waals surface area contributed by atoms with Crippen LogP contribution >= 0.6 is 0 Å². The number of rotatable bonds is 2. The normalized spacial score (nSPS) is 27.1. The van der Waals surface area contributed by atoms with E-state index in [4.69, 9.17) is 0 Å². The molecule has 15 heavy (non-hydrogen) atoms. The van der Waals surface area contributed by atoms with Crippen LogP contribution in [0.4, 0.5) is 0 Å². The van der Waals surface area contributed by atoms with E-state index in [2.05, 4.69) is 36.1 Å². The van der Waals surface area contributed by atoms with E-state index in [-0.39, 0.29) is 0 Å². The lowest BCUT2D eigenvalue weighted by Gasteiger charge is -2.14. The molecule has 1 heterocycles. The molecule has 1 aromatic rings. The minimum Gasteiger partial charge on any atom is -0.389 e. The lowest BCUT2D eigenvalue weighted by Crippen LogP contribution is -2.22. The standard InChI is InChI=1S/C12H17NO2/c1-9-2-4-10(5-3-9)6-13-7-11(14)12(15)8-13/h2-5,11-12,14-15H,6-8H2,1H3. The molecule has 0 aromatic heterocycles. The fourth-order valence-electron chi connectivity index (χ4n) is 1.93. The van der Waals surface area contributed by atoms with Gasteiger partial charge >= 0.3 is 0 Å². The van der Waals surface area contributed by atoms with E-state index in [9.17, 15) is 10.2 Å². The highest BCUT2D eigenvalue weighted by atomic mass is 16.3. The van der Waals surface area contributed by atoms with Gasteiger partial charge in [0.25, 0.3) is 0 Å². The van der Waals surface area contributed by atoms with Gasteiger partial charge in [-0.2, -0.15) is 0 Å². The van der Waals surface area contributed by atoms with Crippen molar-refractivity contribution in [1.29, 1.82) is 0 Å². The molecule has 3 nitrogen and oxygen atoms in total. The summed E-state index contributed by atoms with van der Waals surface area (Å²) >= 11 is 0. The van der Waals surface area contributed by atoms with Crippen LogP contribution in [0.2, 0.25) is 0 Å². The zero-order valence-corrected chi connectivity index (χ0v) is 8.93. The third kappa shape index (κ3) is 2.56. The van der Waals surface area contributed by atoms with Crippen molar-refractivity contribution in [3.8, 4) is 0 Å². The fourth-order valence-corrected chi connectivity index (χ4v) is 1.93. The van der Waals surface area contributed by atoms with Crippen LogP contribution in [0.5, 0.6) is 0 Å². The first-order valence-electron chi connectivity index (χ1n) is 5.29. The Kier molecular flexibility index (Phi) is 3.05. The summed E-state index contributed by atoms with van der Waals surface area (Å²) < 4.78 is 0. The van der Waals surface area contributed by atoms with Crippen LogP contribution in [0.25, 0.3) is 0 Å². The van der Waals surface area contributed by atoms with Crippen molar-refractivity contribution >= 4 is 0 Å². The number of nitrogens with zero attached hydrogens (tertiary/aromatic N) is 1. The minimum absolute atomic E-state index is 0.565. The van der Waals surface area contributed by atoms with Gasteiger partial charge in [0.1, 0.15) is 0 Å². The Bertz CT molecular complexity index is 313. The molecule has 0 radical (unpaired) electrons. The molecule has 0 aliphatic carbocycles. The van der Waals surface area contributed by atoms with Gasteiger partial charge in [-0.05, 0) is 12.5 Å². The van der Waals surface area contributed by atoms with Crippen LogP contribution in [-0.2, 0) is 6.54 Å². The van der Waals surface area contributed by atoms with Crippen LogP contribution in [-0.4, -0.2) is 40.4 Å². The van der Waals surface area contributed by atoms with E-state index < -0.39 is 12.2 Å². The molecule has 0 saturated carbocycles. The number of benzene rings is 1. The monoisotopic (exact) mass is 207 g/mol. The number of aryl methyl sites for hydroxylation is 1. The second-order valence-electron chi connectivity index (χ2n) is 4.31. The predicted octanol–water partition coefficient (Wildman–Crippen LogP) is 0.532. The van der Waals surface area contributed by atoms with Gasteiger partial charge in [0.2, 0.25) is 0 Å². The number of β-amino-alcohol motifs (C(OH)–C–C–N with tert-alkyl or cyclic N) is 2. The van der Waals surface area contributed by atoms with Crippen molar-refractivity contribution in [2.75, 3.05) is 13.1 Å². The van der Waals surface area contributed by atoms with Gasteiger partial charge in [-0.1, -0.05) is 29.8 Å². The van der Waals surface area contributed by atoms with Gasteiger partial charge < -0.3 is 10.2 Å². The van der Waals surface area contributed by atoms with Crippen LogP contribution in [0, 0.1) is 6.92 Å². The molecule has 0 spiro atoms. The highest BCUT2D eigenvalue weighted by molar-refractivity contribution is 5.21. The summed E-state index contributed by atoms with van der Waals surface area (Å²) in [5.41, 5.74) is 2.47. The van der Waals surface area contributed by atoms with E-state index in [0.29, 0.717) is 13.1 Å². The molecule has 1 saturated heterocycles. The zero-order valence-electron chi connectivity index (χ0n) is 8.93. The average Bonchev–Trinajstić information content (AvgIpc) is 2.50. The van der Waals surface area contributed by atoms with E-state index in [1.54, 1.807) is 0 Å². The van der Waals surface area contributed by atoms with E-state index >= 15 is 0 Å². The second kappa shape index (κ2) is 4.31. The molecule has 2 N–H and O–H groups in total. The predicted molar refractivity (Wildman–Crippen MR) is 58.5 cm³/mol. The van der Waals surface area contributed by atoms with Crippen molar-refractivity contribution in [1.82, 2.24) is 4.90 Å². The summed E-state index contributed by atoms with van der Waals surface area (Å²) in [7, 11) is 0. The van der Waals surface area contributed by atoms with Crippen LogP contribution < -0.4 is 0 Å². The van der Waals surface area contributed by atoms with E-state index in [1.165, 1.54) is 11.1 Å². The van der Waals surface area contributed by atoms with E-state index in [0.717, 1.165) is 6.54 Å². The van der Waals surface area contributed by atoms with Crippen molar-refractivity contribution in [3.63, 3.8) is 0 Å². The summed E-state index contributed by atoms with van der Waals surface area (Å²) in [5, 5.41) is 18.8. The third-order valence-electron chi connectivity index (χ3n) is 2.86. The first-order valence-corrected chi connectivity index (χ1v) is 5.29.